The number of morpholine rings is 1. The van der Waals surface area contributed by atoms with Gasteiger partial charge in [-0.3, -0.25) is 4.90 Å². The molecule has 1 heterocycles. The van der Waals surface area contributed by atoms with Gasteiger partial charge in [0, 0.05) is 31.7 Å². The zero-order chi connectivity index (χ0) is 9.80. The molecular weight excluding hydrogens is 178 g/mol. The first-order chi connectivity index (χ1) is 6.92. The van der Waals surface area contributed by atoms with Crippen LogP contribution in [0, 0.1) is 5.92 Å². The van der Waals surface area contributed by atoms with Crippen molar-refractivity contribution in [3.8, 4) is 0 Å². The number of nitrogens with zero attached hydrogens (tertiary/aromatic N) is 1. The fraction of sp³-hybridized carbons (Fsp3) is 0.818. The highest BCUT2D eigenvalue weighted by Crippen LogP contribution is 2.24. The van der Waals surface area contributed by atoms with Crippen molar-refractivity contribution in [2.24, 2.45) is 5.92 Å². The first-order valence-corrected chi connectivity index (χ1v) is 5.49. The average Bonchev–Trinajstić information content (AvgIpc) is 2.30. The topological polar surface area (TPSA) is 32.7 Å². The van der Waals surface area contributed by atoms with Crippen molar-refractivity contribution in [3.05, 3.63) is 12.2 Å². The molecule has 0 bridgehead atoms. The summed E-state index contributed by atoms with van der Waals surface area (Å²) in [5.41, 5.74) is 0. The molecule has 1 saturated heterocycles. The number of aliphatic hydroxyl groups is 1. The molecule has 0 aromatic rings. The van der Waals surface area contributed by atoms with Gasteiger partial charge in [-0.15, -0.1) is 0 Å². The van der Waals surface area contributed by atoms with Crippen LogP contribution >= 0.6 is 0 Å². The first-order valence-electron chi connectivity index (χ1n) is 5.49. The van der Waals surface area contributed by atoms with E-state index in [-0.39, 0.29) is 0 Å². The van der Waals surface area contributed by atoms with Crippen molar-refractivity contribution in [1.82, 2.24) is 4.90 Å². The van der Waals surface area contributed by atoms with Crippen LogP contribution in [0.1, 0.15) is 12.8 Å². The van der Waals surface area contributed by atoms with Crippen molar-refractivity contribution >= 4 is 0 Å². The van der Waals surface area contributed by atoms with Gasteiger partial charge in [-0.1, -0.05) is 12.2 Å². The summed E-state index contributed by atoms with van der Waals surface area (Å²) in [6.07, 6.45) is 6.55. The third-order valence-corrected chi connectivity index (χ3v) is 3.28. The van der Waals surface area contributed by atoms with E-state index in [2.05, 4.69) is 17.1 Å². The molecule has 1 N–H and O–H groups in total. The van der Waals surface area contributed by atoms with Gasteiger partial charge in [-0.05, 0) is 12.8 Å². The Kier molecular flexibility index (Phi) is 3.56. The maximum absolute atomic E-state index is 9.30. The predicted molar refractivity (Wildman–Crippen MR) is 55.1 cm³/mol. The Morgan fingerprint density at radius 2 is 1.93 bits per heavy atom. The molecule has 0 aromatic carbocycles. The van der Waals surface area contributed by atoms with E-state index in [9.17, 15) is 5.11 Å². The minimum Gasteiger partial charge on any atom is -0.396 e. The molecule has 2 atom stereocenters. The number of hydrogen-bond acceptors (Lipinski definition) is 3. The lowest BCUT2D eigenvalue weighted by Crippen LogP contribution is -2.48. The summed E-state index contributed by atoms with van der Waals surface area (Å²) in [6, 6.07) is 0.536. The Bertz CT molecular complexity index is 199. The smallest absolute Gasteiger partial charge is 0.0594 e. The predicted octanol–water partition coefficient (Wildman–Crippen LogP) is 0.646. The lowest BCUT2D eigenvalue weighted by Gasteiger charge is -2.39. The highest BCUT2D eigenvalue weighted by atomic mass is 16.5. The zero-order valence-electron chi connectivity index (χ0n) is 8.56. The Morgan fingerprint density at radius 3 is 2.64 bits per heavy atom. The lowest BCUT2D eigenvalue weighted by molar-refractivity contribution is -0.00561. The molecule has 1 aliphatic carbocycles. The maximum atomic E-state index is 9.30. The van der Waals surface area contributed by atoms with Gasteiger partial charge in [0.05, 0.1) is 13.2 Å². The van der Waals surface area contributed by atoms with E-state index in [4.69, 9.17) is 4.74 Å². The second-order valence-electron chi connectivity index (χ2n) is 4.10. The summed E-state index contributed by atoms with van der Waals surface area (Å²) in [7, 11) is 0. The summed E-state index contributed by atoms with van der Waals surface area (Å²) in [5, 5.41) is 9.30. The SMILES string of the molecule is OCC1CC=CCC1N1CCOCC1. The molecule has 0 aromatic heterocycles. The number of hydrogen-bond donors (Lipinski definition) is 1. The van der Waals surface area contributed by atoms with Crippen molar-refractivity contribution in [3.63, 3.8) is 0 Å². The Balaban J connectivity index is 1.96. The van der Waals surface area contributed by atoms with Gasteiger partial charge < -0.3 is 9.84 Å². The summed E-state index contributed by atoms with van der Waals surface area (Å²) < 4.78 is 5.34. The van der Waals surface area contributed by atoms with Crippen LogP contribution in [0.5, 0.6) is 0 Å². The highest BCUT2D eigenvalue weighted by molar-refractivity contribution is 4.98. The van der Waals surface area contributed by atoms with E-state index >= 15 is 0 Å². The van der Waals surface area contributed by atoms with Crippen LogP contribution in [0.25, 0.3) is 0 Å². The first kappa shape index (κ1) is 10.1. The van der Waals surface area contributed by atoms with Crippen LogP contribution in [0.2, 0.25) is 0 Å². The molecule has 1 fully saturated rings. The second kappa shape index (κ2) is 4.91. The fourth-order valence-corrected chi connectivity index (χ4v) is 2.41. The summed E-state index contributed by atoms with van der Waals surface area (Å²) >= 11 is 0. The standard InChI is InChI=1S/C11H19NO2/c13-9-10-3-1-2-4-11(10)12-5-7-14-8-6-12/h1-2,10-11,13H,3-9H2. The monoisotopic (exact) mass is 197 g/mol. The van der Waals surface area contributed by atoms with E-state index in [1.165, 1.54) is 0 Å². The van der Waals surface area contributed by atoms with Gasteiger partial charge in [0.2, 0.25) is 0 Å². The molecule has 0 spiro atoms. The van der Waals surface area contributed by atoms with E-state index in [0.29, 0.717) is 18.6 Å². The largest absolute Gasteiger partial charge is 0.396 e. The van der Waals surface area contributed by atoms with Gasteiger partial charge in [-0.25, -0.2) is 0 Å². The van der Waals surface area contributed by atoms with Gasteiger partial charge in [0.15, 0.2) is 0 Å². The molecule has 1 aliphatic heterocycles. The minimum absolute atomic E-state index is 0.312. The molecular formula is C11H19NO2. The Hall–Kier alpha value is -0.380. The molecule has 14 heavy (non-hydrogen) atoms. The molecule has 3 nitrogen and oxygen atoms in total. The molecule has 2 rings (SSSR count). The molecule has 2 aliphatic rings. The second-order valence-corrected chi connectivity index (χ2v) is 4.10. The third kappa shape index (κ3) is 2.16. The Morgan fingerprint density at radius 1 is 1.21 bits per heavy atom. The minimum atomic E-state index is 0.312. The summed E-state index contributed by atoms with van der Waals surface area (Å²) in [4.78, 5) is 2.47. The summed E-state index contributed by atoms with van der Waals surface area (Å²) in [6.45, 7) is 4.05. The van der Waals surface area contributed by atoms with Crippen LogP contribution in [-0.4, -0.2) is 49.0 Å². The molecule has 0 saturated carbocycles. The number of ether oxygens (including phenoxy) is 1. The van der Waals surface area contributed by atoms with E-state index in [1.54, 1.807) is 0 Å². The van der Waals surface area contributed by atoms with Gasteiger partial charge >= 0.3 is 0 Å². The summed E-state index contributed by atoms with van der Waals surface area (Å²) in [5.74, 6) is 0.429. The number of aliphatic hydroxyl groups excluding tert-OH is 1. The Labute approximate surface area is 85.4 Å². The average molecular weight is 197 g/mol. The number of rotatable bonds is 2. The van der Waals surface area contributed by atoms with Crippen LogP contribution in [0.15, 0.2) is 12.2 Å². The zero-order valence-corrected chi connectivity index (χ0v) is 8.56. The van der Waals surface area contributed by atoms with Gasteiger partial charge in [-0.2, -0.15) is 0 Å². The van der Waals surface area contributed by atoms with Crippen LogP contribution in [0.3, 0.4) is 0 Å². The molecule has 2 unspecified atom stereocenters. The molecule has 0 radical (unpaired) electrons. The van der Waals surface area contributed by atoms with Crippen molar-refractivity contribution in [2.75, 3.05) is 32.9 Å². The van der Waals surface area contributed by atoms with Gasteiger partial charge in [0.25, 0.3) is 0 Å². The fourth-order valence-electron chi connectivity index (χ4n) is 2.41. The van der Waals surface area contributed by atoms with Crippen molar-refractivity contribution in [2.45, 2.75) is 18.9 Å². The lowest BCUT2D eigenvalue weighted by atomic mass is 9.88. The van der Waals surface area contributed by atoms with E-state index in [0.717, 1.165) is 39.1 Å². The van der Waals surface area contributed by atoms with Crippen molar-refractivity contribution in [1.29, 1.82) is 0 Å². The molecule has 80 valence electrons. The van der Waals surface area contributed by atoms with Crippen LogP contribution in [0.4, 0.5) is 0 Å². The normalized spacial score (nSPS) is 34.6. The van der Waals surface area contributed by atoms with Crippen LogP contribution in [-0.2, 0) is 4.74 Å². The van der Waals surface area contributed by atoms with Gasteiger partial charge in [0.1, 0.15) is 0 Å². The van der Waals surface area contributed by atoms with Crippen LogP contribution < -0.4 is 0 Å². The third-order valence-electron chi connectivity index (χ3n) is 3.28. The molecule has 3 heteroatoms. The number of allylic oxidation sites excluding steroid dienone is 1. The van der Waals surface area contributed by atoms with E-state index in [1.807, 2.05) is 0 Å². The molecule has 0 amide bonds. The highest BCUT2D eigenvalue weighted by Gasteiger charge is 2.28. The maximum Gasteiger partial charge on any atom is 0.0594 e. The van der Waals surface area contributed by atoms with Crippen molar-refractivity contribution < 1.29 is 9.84 Å². The quantitative estimate of drug-likeness (QED) is 0.660. The van der Waals surface area contributed by atoms with E-state index < -0.39 is 0 Å².